The molecule has 1 aliphatic rings. The summed E-state index contributed by atoms with van der Waals surface area (Å²) in [6.45, 7) is 0. The lowest BCUT2D eigenvalue weighted by atomic mass is 10.1. The van der Waals surface area contributed by atoms with Crippen LogP contribution >= 0.6 is 0 Å². The van der Waals surface area contributed by atoms with E-state index >= 15 is 0 Å². The van der Waals surface area contributed by atoms with E-state index in [4.69, 9.17) is 14.2 Å². The number of cyclic esters (lactones) is 1. The van der Waals surface area contributed by atoms with E-state index < -0.39 is 17.1 Å². The monoisotopic (exact) mass is 346 g/mol. The molecule has 0 bridgehead atoms. The zero-order chi connectivity index (χ0) is 18.1. The number of rotatable bonds is 5. The molecule has 0 saturated carbocycles. The predicted molar refractivity (Wildman–Crippen MR) is 86.1 cm³/mol. The van der Waals surface area contributed by atoms with E-state index in [-0.39, 0.29) is 28.4 Å². The third-order valence-electron chi connectivity index (χ3n) is 3.77. The number of esters is 1. The zero-order valence-corrected chi connectivity index (χ0v) is 13.3. The van der Waals surface area contributed by atoms with Gasteiger partial charge in [0.1, 0.15) is 11.3 Å². The molecule has 25 heavy (non-hydrogen) atoms. The normalized spacial score (nSPS) is 15.3. The summed E-state index contributed by atoms with van der Waals surface area (Å²) in [4.78, 5) is 22.3. The summed E-state index contributed by atoms with van der Waals surface area (Å²) in [5.74, 6) is -0.303. The fourth-order valence-corrected chi connectivity index (χ4v) is 2.60. The average Bonchev–Trinajstić information content (AvgIpc) is 2.91. The van der Waals surface area contributed by atoms with E-state index in [0.717, 1.165) is 6.07 Å². The standard InChI is InChI=1S/C16H14N2O7/c1-23-12-6-4-9-13(14(12)24-2)16(20)25-15(9)17-10-5-3-8(18(21)22)7-11(10)19/h3-7,15,17,19H,1-2H3/t15-/m1/s1. The van der Waals surface area contributed by atoms with Gasteiger partial charge < -0.3 is 24.6 Å². The van der Waals surface area contributed by atoms with Gasteiger partial charge in [0, 0.05) is 11.6 Å². The lowest BCUT2D eigenvalue weighted by Crippen LogP contribution is -2.10. The summed E-state index contributed by atoms with van der Waals surface area (Å²) in [6, 6.07) is 6.84. The van der Waals surface area contributed by atoms with Crippen LogP contribution in [0.25, 0.3) is 0 Å². The number of anilines is 1. The molecule has 0 aliphatic carbocycles. The number of hydrogen-bond acceptors (Lipinski definition) is 8. The van der Waals surface area contributed by atoms with Crippen LogP contribution in [0.4, 0.5) is 11.4 Å². The molecule has 130 valence electrons. The van der Waals surface area contributed by atoms with Gasteiger partial charge in [-0.15, -0.1) is 0 Å². The number of nitrogens with zero attached hydrogens (tertiary/aromatic N) is 1. The topological polar surface area (TPSA) is 120 Å². The summed E-state index contributed by atoms with van der Waals surface area (Å²) in [5, 5.41) is 23.5. The summed E-state index contributed by atoms with van der Waals surface area (Å²) < 4.78 is 15.7. The van der Waals surface area contributed by atoms with Crippen molar-refractivity contribution < 1.29 is 29.0 Å². The van der Waals surface area contributed by atoms with Crippen LogP contribution in [-0.4, -0.2) is 30.2 Å². The van der Waals surface area contributed by atoms with Crippen molar-refractivity contribution in [2.75, 3.05) is 19.5 Å². The summed E-state index contributed by atoms with van der Waals surface area (Å²) in [7, 11) is 2.86. The van der Waals surface area contributed by atoms with Gasteiger partial charge in [-0.25, -0.2) is 4.79 Å². The van der Waals surface area contributed by atoms with Gasteiger partial charge in [-0.3, -0.25) is 10.1 Å². The molecule has 1 aliphatic heterocycles. The number of carbonyl (C=O) groups is 1. The average molecular weight is 346 g/mol. The molecule has 3 rings (SSSR count). The van der Waals surface area contributed by atoms with Crippen LogP contribution in [0.3, 0.4) is 0 Å². The van der Waals surface area contributed by atoms with Crippen molar-refractivity contribution in [3.8, 4) is 17.2 Å². The number of ether oxygens (including phenoxy) is 3. The first-order valence-corrected chi connectivity index (χ1v) is 7.16. The molecule has 0 unspecified atom stereocenters. The third-order valence-corrected chi connectivity index (χ3v) is 3.77. The Kier molecular flexibility index (Phi) is 4.05. The van der Waals surface area contributed by atoms with Crippen LogP contribution in [0, 0.1) is 10.1 Å². The van der Waals surface area contributed by atoms with E-state index in [0.29, 0.717) is 11.3 Å². The molecular weight excluding hydrogens is 332 g/mol. The molecule has 0 radical (unpaired) electrons. The van der Waals surface area contributed by atoms with Gasteiger partial charge >= 0.3 is 5.97 Å². The maximum Gasteiger partial charge on any atom is 0.344 e. The molecule has 0 saturated heterocycles. The van der Waals surface area contributed by atoms with E-state index in [1.54, 1.807) is 12.1 Å². The summed E-state index contributed by atoms with van der Waals surface area (Å²) >= 11 is 0. The maximum absolute atomic E-state index is 12.2. The Bertz CT molecular complexity index is 866. The smallest absolute Gasteiger partial charge is 0.344 e. The van der Waals surface area contributed by atoms with Gasteiger partial charge in [-0.1, -0.05) is 0 Å². The maximum atomic E-state index is 12.2. The molecule has 2 N–H and O–H groups in total. The largest absolute Gasteiger partial charge is 0.506 e. The van der Waals surface area contributed by atoms with Gasteiger partial charge in [0.2, 0.25) is 6.23 Å². The highest BCUT2D eigenvalue weighted by molar-refractivity contribution is 5.98. The van der Waals surface area contributed by atoms with Crippen LogP contribution in [0.5, 0.6) is 17.2 Å². The van der Waals surface area contributed by atoms with Crippen molar-refractivity contribution in [2.24, 2.45) is 0 Å². The Morgan fingerprint density at radius 3 is 2.60 bits per heavy atom. The lowest BCUT2D eigenvalue weighted by Gasteiger charge is -2.15. The van der Waals surface area contributed by atoms with Gasteiger partial charge in [0.25, 0.3) is 5.69 Å². The van der Waals surface area contributed by atoms with E-state index in [1.807, 2.05) is 0 Å². The number of nitrogens with one attached hydrogen (secondary N) is 1. The molecular formula is C16H14N2O7. The quantitative estimate of drug-likeness (QED) is 0.367. The van der Waals surface area contributed by atoms with Crippen molar-refractivity contribution in [2.45, 2.75) is 6.23 Å². The van der Waals surface area contributed by atoms with Crippen molar-refractivity contribution >= 4 is 17.3 Å². The van der Waals surface area contributed by atoms with Gasteiger partial charge in [-0.05, 0) is 18.2 Å². The third kappa shape index (κ3) is 2.75. The van der Waals surface area contributed by atoms with E-state index in [2.05, 4.69) is 5.32 Å². The minimum atomic E-state index is -0.880. The van der Waals surface area contributed by atoms with Crippen molar-refractivity contribution in [1.29, 1.82) is 0 Å². The lowest BCUT2D eigenvalue weighted by molar-refractivity contribution is -0.384. The Morgan fingerprint density at radius 1 is 1.24 bits per heavy atom. The van der Waals surface area contributed by atoms with Crippen LogP contribution in [0.15, 0.2) is 30.3 Å². The first kappa shape index (κ1) is 16.4. The molecule has 9 nitrogen and oxygen atoms in total. The highest BCUT2D eigenvalue weighted by Gasteiger charge is 2.36. The minimum Gasteiger partial charge on any atom is -0.506 e. The fourth-order valence-electron chi connectivity index (χ4n) is 2.60. The number of hydrogen-bond donors (Lipinski definition) is 2. The number of phenolic OH excluding ortho intramolecular Hbond substituents is 1. The van der Waals surface area contributed by atoms with E-state index in [1.165, 1.54) is 26.4 Å². The predicted octanol–water partition coefficient (Wildman–Crippen LogP) is 2.60. The van der Waals surface area contributed by atoms with Crippen molar-refractivity contribution in [1.82, 2.24) is 0 Å². The fraction of sp³-hybridized carbons (Fsp3) is 0.188. The number of benzene rings is 2. The Balaban J connectivity index is 1.95. The number of fused-ring (bicyclic) bond motifs is 1. The molecule has 2 aromatic carbocycles. The molecule has 0 amide bonds. The summed E-state index contributed by atoms with van der Waals surface area (Å²) in [6.07, 6.45) is -0.880. The molecule has 0 aromatic heterocycles. The first-order valence-electron chi connectivity index (χ1n) is 7.16. The molecule has 2 aromatic rings. The van der Waals surface area contributed by atoms with Gasteiger partial charge in [0.05, 0.1) is 30.9 Å². The number of non-ortho nitro benzene ring substituents is 1. The molecule has 0 spiro atoms. The Labute approximate surface area is 141 Å². The summed E-state index contributed by atoms with van der Waals surface area (Å²) in [5.41, 5.74) is 0.658. The molecule has 1 atom stereocenters. The second-order valence-corrected chi connectivity index (χ2v) is 5.15. The Hall–Kier alpha value is -3.49. The molecule has 9 heteroatoms. The van der Waals surface area contributed by atoms with Crippen molar-refractivity contribution in [3.63, 3.8) is 0 Å². The highest BCUT2D eigenvalue weighted by Crippen LogP contribution is 2.43. The second kappa shape index (κ2) is 6.19. The molecule has 1 heterocycles. The van der Waals surface area contributed by atoms with Gasteiger partial charge in [0.15, 0.2) is 11.5 Å². The molecule has 0 fully saturated rings. The van der Waals surface area contributed by atoms with Crippen LogP contribution in [0.2, 0.25) is 0 Å². The minimum absolute atomic E-state index is 0.186. The number of nitro groups is 1. The highest BCUT2D eigenvalue weighted by atomic mass is 16.6. The SMILES string of the molecule is COc1ccc2c(c1OC)C(=O)O[C@H]2Nc1ccc([N+](=O)[O-])cc1O. The number of nitro benzene ring substituents is 1. The first-order chi connectivity index (χ1) is 12.0. The van der Waals surface area contributed by atoms with Crippen LogP contribution in [-0.2, 0) is 4.74 Å². The number of methoxy groups -OCH3 is 2. The van der Waals surface area contributed by atoms with E-state index in [9.17, 15) is 20.0 Å². The second-order valence-electron chi connectivity index (χ2n) is 5.15. The number of carbonyl (C=O) groups excluding carboxylic acids is 1. The zero-order valence-electron chi connectivity index (χ0n) is 13.3. The van der Waals surface area contributed by atoms with Crippen LogP contribution < -0.4 is 14.8 Å². The van der Waals surface area contributed by atoms with Crippen molar-refractivity contribution in [3.05, 3.63) is 51.6 Å². The number of aromatic hydroxyl groups is 1. The Morgan fingerprint density at radius 2 is 2.00 bits per heavy atom. The van der Waals surface area contributed by atoms with Gasteiger partial charge in [-0.2, -0.15) is 0 Å². The van der Waals surface area contributed by atoms with Crippen LogP contribution in [0.1, 0.15) is 22.1 Å². The number of phenols is 1.